The zero-order valence-corrected chi connectivity index (χ0v) is 16.5. The third-order valence-corrected chi connectivity index (χ3v) is 4.74. The Kier molecular flexibility index (Phi) is 6.67. The topological polar surface area (TPSA) is 41.6 Å². The summed E-state index contributed by atoms with van der Waals surface area (Å²) in [5.41, 5.74) is 3.45. The molecule has 0 saturated heterocycles. The average molecular weight is 354 g/mol. The van der Waals surface area contributed by atoms with Gasteiger partial charge in [0.1, 0.15) is 5.75 Å². The number of likely N-dealkylation sites (N-methyl/N-ethyl adjacent to an activating group) is 1. The first-order valence-corrected chi connectivity index (χ1v) is 9.01. The lowest BCUT2D eigenvalue weighted by molar-refractivity contribution is 0.206. The average Bonchev–Trinajstić information content (AvgIpc) is 2.64. The summed E-state index contributed by atoms with van der Waals surface area (Å²) in [7, 11) is 3.49. The summed E-state index contributed by atoms with van der Waals surface area (Å²) in [6.07, 6.45) is 0.759. The van der Waals surface area contributed by atoms with Crippen molar-refractivity contribution in [1.29, 1.82) is 0 Å². The van der Waals surface area contributed by atoms with E-state index < -0.39 is 0 Å². The number of carbonyl (C=O) groups excluding carboxylic acids is 1. The summed E-state index contributed by atoms with van der Waals surface area (Å²) in [4.78, 5) is 14.2. The first kappa shape index (κ1) is 19.8. The second-order valence-corrected chi connectivity index (χ2v) is 7.40. The number of benzene rings is 2. The second kappa shape index (κ2) is 8.75. The maximum atomic E-state index is 12.4. The van der Waals surface area contributed by atoms with Gasteiger partial charge in [0.15, 0.2) is 0 Å². The third kappa shape index (κ3) is 5.25. The molecule has 2 amide bonds. The second-order valence-electron chi connectivity index (χ2n) is 7.40. The number of rotatable bonds is 7. The van der Waals surface area contributed by atoms with Crippen LogP contribution in [-0.2, 0) is 11.8 Å². The molecule has 2 aromatic rings. The first-order chi connectivity index (χ1) is 12.3. The largest absolute Gasteiger partial charge is 0.496 e. The molecule has 1 N–H and O–H groups in total. The van der Waals surface area contributed by atoms with E-state index in [0.717, 1.165) is 17.7 Å². The van der Waals surface area contributed by atoms with Crippen molar-refractivity contribution in [2.75, 3.05) is 27.2 Å². The number of amides is 2. The highest BCUT2D eigenvalue weighted by Crippen LogP contribution is 2.23. The van der Waals surface area contributed by atoms with E-state index in [9.17, 15) is 4.79 Å². The lowest BCUT2D eigenvalue weighted by atomic mass is 9.84. The van der Waals surface area contributed by atoms with Crippen LogP contribution in [0.1, 0.15) is 30.5 Å². The van der Waals surface area contributed by atoms with Gasteiger partial charge in [0.05, 0.1) is 7.11 Å². The highest BCUT2D eigenvalue weighted by atomic mass is 16.5. The number of para-hydroxylation sites is 1. The lowest BCUT2D eigenvalue weighted by Crippen LogP contribution is -2.43. The van der Waals surface area contributed by atoms with Crippen molar-refractivity contribution in [3.8, 4) is 5.75 Å². The number of aryl methyl sites for hydroxylation is 1. The molecule has 0 aliphatic rings. The molecule has 4 heteroatoms. The highest BCUT2D eigenvalue weighted by molar-refractivity contribution is 5.74. The Bertz CT molecular complexity index is 740. The molecule has 0 saturated carbocycles. The fourth-order valence-corrected chi connectivity index (χ4v) is 2.90. The fraction of sp³-hybridized carbons (Fsp3) is 0.409. The molecule has 0 aliphatic carbocycles. The van der Waals surface area contributed by atoms with Gasteiger partial charge in [-0.2, -0.15) is 0 Å². The van der Waals surface area contributed by atoms with Crippen LogP contribution in [0, 0.1) is 6.92 Å². The Hall–Kier alpha value is -2.49. The smallest absolute Gasteiger partial charge is 0.317 e. The van der Waals surface area contributed by atoms with Crippen molar-refractivity contribution >= 4 is 6.03 Å². The molecule has 2 rings (SSSR count). The van der Waals surface area contributed by atoms with Crippen LogP contribution in [0.2, 0.25) is 0 Å². The number of nitrogens with one attached hydrogen (secondary N) is 1. The van der Waals surface area contributed by atoms with Gasteiger partial charge >= 0.3 is 6.03 Å². The van der Waals surface area contributed by atoms with Crippen molar-refractivity contribution < 1.29 is 9.53 Å². The fourth-order valence-electron chi connectivity index (χ4n) is 2.90. The van der Waals surface area contributed by atoms with Gasteiger partial charge in [-0.25, -0.2) is 4.79 Å². The van der Waals surface area contributed by atoms with E-state index in [-0.39, 0.29) is 11.4 Å². The number of urea groups is 1. The van der Waals surface area contributed by atoms with Gasteiger partial charge in [0, 0.05) is 25.6 Å². The minimum absolute atomic E-state index is 0.0550. The molecular weight excluding hydrogens is 324 g/mol. The summed E-state index contributed by atoms with van der Waals surface area (Å²) in [6.45, 7) is 7.61. The van der Waals surface area contributed by atoms with Crippen LogP contribution in [0.4, 0.5) is 4.79 Å². The zero-order valence-electron chi connectivity index (χ0n) is 16.5. The van der Waals surface area contributed by atoms with E-state index >= 15 is 0 Å². The predicted molar refractivity (Wildman–Crippen MR) is 107 cm³/mol. The Morgan fingerprint density at radius 1 is 1.15 bits per heavy atom. The van der Waals surface area contributed by atoms with Crippen LogP contribution in [0.5, 0.6) is 5.75 Å². The normalized spacial score (nSPS) is 11.1. The molecule has 0 radical (unpaired) electrons. The molecule has 140 valence electrons. The van der Waals surface area contributed by atoms with Crippen molar-refractivity contribution in [2.24, 2.45) is 0 Å². The van der Waals surface area contributed by atoms with Gasteiger partial charge in [0.2, 0.25) is 0 Å². The van der Waals surface area contributed by atoms with E-state index in [4.69, 9.17) is 4.74 Å². The van der Waals surface area contributed by atoms with E-state index in [1.807, 2.05) is 31.3 Å². The zero-order chi connectivity index (χ0) is 19.2. The van der Waals surface area contributed by atoms with E-state index in [2.05, 4.69) is 50.4 Å². The minimum atomic E-state index is -0.120. The molecule has 2 aromatic carbocycles. The van der Waals surface area contributed by atoms with Gasteiger partial charge in [-0.15, -0.1) is 0 Å². The van der Waals surface area contributed by atoms with Crippen molar-refractivity contribution in [3.63, 3.8) is 0 Å². The van der Waals surface area contributed by atoms with E-state index in [1.165, 1.54) is 11.1 Å². The molecule has 4 nitrogen and oxygen atoms in total. The number of nitrogens with zero attached hydrogens (tertiary/aromatic N) is 1. The maximum Gasteiger partial charge on any atom is 0.317 e. The van der Waals surface area contributed by atoms with E-state index in [0.29, 0.717) is 13.1 Å². The molecule has 0 aliphatic heterocycles. The molecule has 0 unspecified atom stereocenters. The number of hydrogen-bond donors (Lipinski definition) is 1. The van der Waals surface area contributed by atoms with Gasteiger partial charge in [0.25, 0.3) is 0 Å². The molecule has 0 spiro atoms. The highest BCUT2D eigenvalue weighted by Gasteiger charge is 2.22. The summed E-state index contributed by atoms with van der Waals surface area (Å²) in [6, 6.07) is 16.3. The predicted octanol–water partition coefficient (Wildman–Crippen LogP) is 4.17. The molecule has 0 fully saturated rings. The molecule has 0 aromatic heterocycles. The van der Waals surface area contributed by atoms with Crippen LogP contribution >= 0.6 is 0 Å². The lowest BCUT2D eigenvalue weighted by Gasteiger charge is -2.28. The van der Waals surface area contributed by atoms with Crippen LogP contribution < -0.4 is 10.1 Å². The molecule has 0 heterocycles. The SMILES string of the molecule is COc1ccccc1CCN(C)C(=O)NCC(C)(C)c1cccc(C)c1. The molecule has 0 bridgehead atoms. The molecule has 0 atom stereocenters. The van der Waals surface area contributed by atoms with Crippen LogP contribution in [0.15, 0.2) is 48.5 Å². The number of hydrogen-bond acceptors (Lipinski definition) is 2. The van der Waals surface area contributed by atoms with Crippen molar-refractivity contribution in [3.05, 3.63) is 65.2 Å². The standard InChI is InChI=1S/C22H30N2O2/c1-17-9-8-11-19(15-17)22(2,3)16-23-21(25)24(4)14-13-18-10-6-7-12-20(18)26-5/h6-12,15H,13-14,16H2,1-5H3,(H,23,25). The van der Waals surface area contributed by atoms with E-state index in [1.54, 1.807) is 12.0 Å². The third-order valence-electron chi connectivity index (χ3n) is 4.74. The molecular formula is C22H30N2O2. The maximum absolute atomic E-state index is 12.4. The van der Waals surface area contributed by atoms with Crippen molar-refractivity contribution in [1.82, 2.24) is 10.2 Å². The van der Waals surface area contributed by atoms with Gasteiger partial charge in [-0.3, -0.25) is 0 Å². The minimum Gasteiger partial charge on any atom is -0.496 e. The number of methoxy groups -OCH3 is 1. The Morgan fingerprint density at radius 2 is 1.88 bits per heavy atom. The van der Waals surface area contributed by atoms with Crippen LogP contribution in [0.25, 0.3) is 0 Å². The Labute approximate surface area is 157 Å². The van der Waals surface area contributed by atoms with Crippen LogP contribution in [0.3, 0.4) is 0 Å². The summed E-state index contributed by atoms with van der Waals surface area (Å²) in [5, 5.41) is 3.06. The monoisotopic (exact) mass is 354 g/mol. The Morgan fingerprint density at radius 3 is 2.58 bits per heavy atom. The number of carbonyl (C=O) groups is 1. The number of ether oxygens (including phenoxy) is 1. The quantitative estimate of drug-likeness (QED) is 0.811. The van der Waals surface area contributed by atoms with Crippen LogP contribution in [-0.4, -0.2) is 38.2 Å². The summed E-state index contributed by atoms with van der Waals surface area (Å²) in [5.74, 6) is 0.863. The Balaban J connectivity index is 1.88. The van der Waals surface area contributed by atoms with Crippen molar-refractivity contribution in [2.45, 2.75) is 32.6 Å². The van der Waals surface area contributed by atoms with Gasteiger partial charge < -0.3 is 15.0 Å². The first-order valence-electron chi connectivity index (χ1n) is 9.01. The summed E-state index contributed by atoms with van der Waals surface area (Å²) >= 11 is 0. The molecule has 26 heavy (non-hydrogen) atoms. The van der Waals surface area contributed by atoms with Gasteiger partial charge in [-0.1, -0.05) is 61.9 Å². The van der Waals surface area contributed by atoms with Gasteiger partial charge in [-0.05, 0) is 30.5 Å². The summed E-state index contributed by atoms with van der Waals surface area (Å²) < 4.78 is 5.37.